The van der Waals surface area contributed by atoms with Gasteiger partial charge in [0.25, 0.3) is 0 Å². The standard InChI is InChI=1S/C18H16FNO3/c1-2-23-18(22)14-4-3-5-16(12-14)20-17(21)11-8-13-6-9-15(19)10-7-13/h3-12H,2H2,1H3,(H,20,21). The second-order valence-corrected chi connectivity index (χ2v) is 4.68. The maximum Gasteiger partial charge on any atom is 0.338 e. The molecule has 0 radical (unpaired) electrons. The van der Waals surface area contributed by atoms with Gasteiger partial charge in [0.1, 0.15) is 5.82 Å². The van der Waals surface area contributed by atoms with Crippen molar-refractivity contribution in [3.8, 4) is 0 Å². The molecule has 0 aliphatic rings. The first-order valence-electron chi connectivity index (χ1n) is 7.10. The number of amides is 1. The SMILES string of the molecule is CCOC(=O)c1cccc(NC(=O)C=Cc2ccc(F)cc2)c1. The van der Waals surface area contributed by atoms with Crippen LogP contribution in [0.4, 0.5) is 10.1 Å². The van der Waals surface area contributed by atoms with E-state index < -0.39 is 5.97 Å². The minimum atomic E-state index is -0.439. The van der Waals surface area contributed by atoms with Crippen LogP contribution in [0.25, 0.3) is 6.08 Å². The second kappa shape index (κ2) is 7.89. The molecule has 0 unspecified atom stereocenters. The number of carbonyl (C=O) groups excluding carboxylic acids is 2. The summed E-state index contributed by atoms with van der Waals surface area (Å²) in [6.45, 7) is 2.01. The summed E-state index contributed by atoms with van der Waals surface area (Å²) in [5.41, 5.74) is 1.57. The molecule has 2 aromatic carbocycles. The van der Waals surface area contributed by atoms with E-state index in [1.807, 2.05) is 0 Å². The van der Waals surface area contributed by atoms with Gasteiger partial charge in [-0.15, -0.1) is 0 Å². The van der Waals surface area contributed by atoms with Crippen molar-refractivity contribution in [1.29, 1.82) is 0 Å². The highest BCUT2D eigenvalue weighted by atomic mass is 19.1. The summed E-state index contributed by atoms with van der Waals surface area (Å²) in [6.07, 6.45) is 2.91. The maximum atomic E-state index is 12.8. The van der Waals surface area contributed by atoms with Crippen LogP contribution in [0.5, 0.6) is 0 Å². The van der Waals surface area contributed by atoms with E-state index in [2.05, 4.69) is 5.32 Å². The number of benzene rings is 2. The number of carbonyl (C=O) groups is 2. The smallest absolute Gasteiger partial charge is 0.338 e. The van der Waals surface area contributed by atoms with Crippen molar-refractivity contribution in [2.24, 2.45) is 0 Å². The van der Waals surface area contributed by atoms with Crippen molar-refractivity contribution in [2.45, 2.75) is 6.92 Å². The number of rotatable bonds is 5. The average molecular weight is 313 g/mol. The summed E-state index contributed by atoms with van der Waals surface area (Å²) < 4.78 is 17.7. The highest BCUT2D eigenvalue weighted by Gasteiger charge is 2.07. The molecule has 0 saturated heterocycles. The van der Waals surface area contributed by atoms with E-state index in [0.717, 1.165) is 0 Å². The van der Waals surface area contributed by atoms with Crippen LogP contribution >= 0.6 is 0 Å². The molecule has 0 aromatic heterocycles. The van der Waals surface area contributed by atoms with Gasteiger partial charge in [-0.05, 0) is 48.9 Å². The lowest BCUT2D eigenvalue weighted by atomic mass is 10.2. The molecule has 2 aromatic rings. The molecule has 1 amide bonds. The topological polar surface area (TPSA) is 55.4 Å². The highest BCUT2D eigenvalue weighted by Crippen LogP contribution is 2.12. The highest BCUT2D eigenvalue weighted by molar-refractivity contribution is 6.02. The lowest BCUT2D eigenvalue weighted by molar-refractivity contribution is -0.111. The number of nitrogens with one attached hydrogen (secondary N) is 1. The maximum absolute atomic E-state index is 12.8. The van der Waals surface area contributed by atoms with Crippen LogP contribution in [-0.4, -0.2) is 18.5 Å². The summed E-state index contributed by atoms with van der Waals surface area (Å²) in [5, 5.41) is 2.65. The molecule has 0 aliphatic heterocycles. The van der Waals surface area contributed by atoms with Gasteiger partial charge in [-0.2, -0.15) is 0 Å². The lowest BCUT2D eigenvalue weighted by Crippen LogP contribution is -2.09. The fourth-order valence-corrected chi connectivity index (χ4v) is 1.87. The number of anilines is 1. The van der Waals surface area contributed by atoms with Crippen LogP contribution in [0.3, 0.4) is 0 Å². The fraction of sp³-hybridized carbons (Fsp3) is 0.111. The molecule has 0 spiro atoms. The molecular formula is C18H16FNO3. The van der Waals surface area contributed by atoms with Crippen molar-refractivity contribution in [3.63, 3.8) is 0 Å². The molecule has 4 nitrogen and oxygen atoms in total. The Kier molecular flexibility index (Phi) is 5.63. The third kappa shape index (κ3) is 5.07. The first-order chi connectivity index (χ1) is 11.1. The zero-order valence-corrected chi connectivity index (χ0v) is 12.6. The summed E-state index contributed by atoms with van der Waals surface area (Å²) in [4.78, 5) is 23.5. The van der Waals surface area contributed by atoms with Crippen molar-refractivity contribution in [2.75, 3.05) is 11.9 Å². The van der Waals surface area contributed by atoms with Crippen LogP contribution in [-0.2, 0) is 9.53 Å². The molecule has 0 bridgehead atoms. The van der Waals surface area contributed by atoms with Gasteiger partial charge in [0.05, 0.1) is 12.2 Å². The Bertz CT molecular complexity index is 723. The molecule has 5 heteroatoms. The van der Waals surface area contributed by atoms with Crippen LogP contribution in [0, 0.1) is 5.82 Å². The van der Waals surface area contributed by atoms with Crippen molar-refractivity contribution in [1.82, 2.24) is 0 Å². The molecule has 0 fully saturated rings. The molecule has 0 saturated carbocycles. The van der Waals surface area contributed by atoms with E-state index in [4.69, 9.17) is 4.74 Å². The Morgan fingerprint density at radius 2 is 1.91 bits per heavy atom. The van der Waals surface area contributed by atoms with Gasteiger partial charge < -0.3 is 10.1 Å². The molecule has 118 valence electrons. The van der Waals surface area contributed by atoms with E-state index >= 15 is 0 Å². The Morgan fingerprint density at radius 3 is 2.61 bits per heavy atom. The largest absolute Gasteiger partial charge is 0.462 e. The molecular weight excluding hydrogens is 297 g/mol. The fourth-order valence-electron chi connectivity index (χ4n) is 1.87. The molecule has 0 atom stereocenters. The summed E-state index contributed by atoms with van der Waals surface area (Å²) in [5.74, 6) is -1.12. The van der Waals surface area contributed by atoms with E-state index in [1.54, 1.807) is 49.4 Å². The number of halogens is 1. The van der Waals surface area contributed by atoms with Gasteiger partial charge >= 0.3 is 5.97 Å². The molecule has 0 heterocycles. The average Bonchev–Trinajstić information content (AvgIpc) is 2.55. The number of hydrogen-bond donors (Lipinski definition) is 1. The summed E-state index contributed by atoms with van der Waals surface area (Å²) in [6, 6.07) is 12.3. The third-order valence-electron chi connectivity index (χ3n) is 2.94. The first kappa shape index (κ1) is 16.4. The van der Waals surface area contributed by atoms with Gasteiger partial charge in [0.2, 0.25) is 5.91 Å². The van der Waals surface area contributed by atoms with Crippen molar-refractivity contribution in [3.05, 3.63) is 71.6 Å². The van der Waals surface area contributed by atoms with Crippen molar-refractivity contribution < 1.29 is 18.7 Å². The van der Waals surface area contributed by atoms with Crippen LogP contribution < -0.4 is 5.32 Å². The van der Waals surface area contributed by atoms with Crippen molar-refractivity contribution >= 4 is 23.6 Å². The number of esters is 1. The monoisotopic (exact) mass is 313 g/mol. The van der Waals surface area contributed by atoms with E-state index in [9.17, 15) is 14.0 Å². The number of ether oxygens (including phenoxy) is 1. The van der Waals surface area contributed by atoms with E-state index in [-0.39, 0.29) is 18.3 Å². The predicted molar refractivity (Wildman–Crippen MR) is 86.5 cm³/mol. The minimum Gasteiger partial charge on any atom is -0.462 e. The Labute approximate surface area is 133 Å². The van der Waals surface area contributed by atoms with Crippen LogP contribution in [0.2, 0.25) is 0 Å². The van der Waals surface area contributed by atoms with Gasteiger partial charge in [0, 0.05) is 11.8 Å². The zero-order valence-electron chi connectivity index (χ0n) is 12.6. The summed E-state index contributed by atoms with van der Waals surface area (Å²) >= 11 is 0. The molecule has 0 aliphatic carbocycles. The Hall–Kier alpha value is -2.95. The van der Waals surface area contributed by atoms with E-state index in [0.29, 0.717) is 16.8 Å². The zero-order chi connectivity index (χ0) is 16.7. The Balaban J connectivity index is 2.01. The lowest BCUT2D eigenvalue weighted by Gasteiger charge is -2.05. The quantitative estimate of drug-likeness (QED) is 0.677. The first-order valence-corrected chi connectivity index (χ1v) is 7.10. The van der Waals surface area contributed by atoms with Gasteiger partial charge in [0.15, 0.2) is 0 Å². The third-order valence-corrected chi connectivity index (χ3v) is 2.94. The molecule has 2 rings (SSSR count). The summed E-state index contributed by atoms with van der Waals surface area (Å²) in [7, 11) is 0. The van der Waals surface area contributed by atoms with E-state index in [1.165, 1.54) is 18.2 Å². The Morgan fingerprint density at radius 1 is 1.17 bits per heavy atom. The minimum absolute atomic E-state index is 0.288. The van der Waals surface area contributed by atoms with Crippen LogP contribution in [0.1, 0.15) is 22.8 Å². The second-order valence-electron chi connectivity index (χ2n) is 4.68. The number of hydrogen-bond acceptors (Lipinski definition) is 3. The predicted octanol–water partition coefficient (Wildman–Crippen LogP) is 3.65. The van der Waals surface area contributed by atoms with Gasteiger partial charge in [-0.3, -0.25) is 4.79 Å². The van der Waals surface area contributed by atoms with Crippen LogP contribution in [0.15, 0.2) is 54.6 Å². The normalized spacial score (nSPS) is 10.5. The molecule has 23 heavy (non-hydrogen) atoms. The van der Waals surface area contributed by atoms with Gasteiger partial charge in [-0.1, -0.05) is 18.2 Å². The molecule has 1 N–H and O–H groups in total. The van der Waals surface area contributed by atoms with Gasteiger partial charge in [-0.25, -0.2) is 9.18 Å².